The molecule has 0 saturated carbocycles. The predicted molar refractivity (Wildman–Crippen MR) is 109 cm³/mol. The summed E-state index contributed by atoms with van der Waals surface area (Å²) in [6.07, 6.45) is 0.641. The second-order valence-electron chi connectivity index (χ2n) is 6.87. The number of H-pyrrole nitrogens is 1. The zero-order valence-electron chi connectivity index (χ0n) is 15.6. The number of hydrogen-bond acceptors (Lipinski definition) is 4. The monoisotopic (exact) mass is 411 g/mol. The molecule has 0 fully saturated rings. The fraction of sp³-hybridized carbons (Fsp3) is 0.190. The Hall–Kier alpha value is -3.32. The van der Waals surface area contributed by atoms with Gasteiger partial charge in [0.1, 0.15) is 5.56 Å². The largest absolute Gasteiger partial charge is 0.494 e. The van der Waals surface area contributed by atoms with Crippen LogP contribution in [-0.4, -0.2) is 32.0 Å². The minimum atomic E-state index is -0.805. The summed E-state index contributed by atoms with van der Waals surface area (Å²) < 4.78 is 1.00. The molecule has 1 aliphatic heterocycles. The first-order valence-electron chi connectivity index (χ1n) is 9.07. The fourth-order valence-electron chi connectivity index (χ4n) is 3.83. The third-order valence-electron chi connectivity index (χ3n) is 5.17. The van der Waals surface area contributed by atoms with Gasteiger partial charge in [-0.2, -0.15) is 0 Å². The number of nitrogens with one attached hydrogen (secondary N) is 1. The quantitative estimate of drug-likeness (QED) is 0.676. The van der Waals surface area contributed by atoms with Crippen LogP contribution in [0.4, 0.5) is 0 Å². The maximum atomic E-state index is 12.8. The highest BCUT2D eigenvalue weighted by Crippen LogP contribution is 2.37. The molecule has 2 heterocycles. The number of aromatic hydroxyl groups is 1. The van der Waals surface area contributed by atoms with Crippen LogP contribution in [0.2, 0.25) is 5.02 Å². The number of fused-ring (bicyclic) bond motifs is 1. The number of amides is 1. The molecule has 0 aliphatic carbocycles. The number of nitrogens with zero attached hydrogens (tertiary/aromatic N) is 2. The lowest BCUT2D eigenvalue weighted by Crippen LogP contribution is -2.43. The van der Waals surface area contributed by atoms with Crippen molar-refractivity contribution in [2.75, 3.05) is 6.54 Å². The standard InChI is InChI=1S/C21H18ClN3O4/c1-12(26)24-11-10-13-4-2-3-5-16(13)18(24)17-19(27)23-21(29)25(20(17)28)15-8-6-14(22)7-9-15/h2-9,18,28H,10-11H2,1H3,(H,23,27,29)/t18-/m0/s1. The second kappa shape index (κ2) is 7.25. The van der Waals surface area contributed by atoms with Gasteiger partial charge in [0.05, 0.1) is 11.7 Å². The third-order valence-corrected chi connectivity index (χ3v) is 5.42. The Morgan fingerprint density at radius 3 is 2.52 bits per heavy atom. The van der Waals surface area contributed by atoms with Gasteiger partial charge < -0.3 is 10.0 Å². The van der Waals surface area contributed by atoms with Gasteiger partial charge >= 0.3 is 5.69 Å². The molecule has 2 N–H and O–H groups in total. The van der Waals surface area contributed by atoms with Crippen LogP contribution < -0.4 is 11.2 Å². The molecule has 2 aromatic carbocycles. The summed E-state index contributed by atoms with van der Waals surface area (Å²) in [4.78, 5) is 41.4. The summed E-state index contributed by atoms with van der Waals surface area (Å²) in [7, 11) is 0. The maximum absolute atomic E-state index is 12.8. The summed E-state index contributed by atoms with van der Waals surface area (Å²) in [5.41, 5.74) is 0.506. The van der Waals surface area contributed by atoms with Crippen LogP contribution in [-0.2, 0) is 11.2 Å². The van der Waals surface area contributed by atoms with Gasteiger partial charge in [-0.3, -0.25) is 14.6 Å². The van der Waals surface area contributed by atoms with Crippen molar-refractivity contribution in [3.63, 3.8) is 0 Å². The van der Waals surface area contributed by atoms with Gasteiger partial charge in [0.2, 0.25) is 11.8 Å². The zero-order valence-corrected chi connectivity index (χ0v) is 16.3. The highest BCUT2D eigenvalue weighted by molar-refractivity contribution is 6.30. The summed E-state index contributed by atoms with van der Waals surface area (Å²) in [6.45, 7) is 1.82. The van der Waals surface area contributed by atoms with Crippen LogP contribution in [0.1, 0.15) is 29.7 Å². The van der Waals surface area contributed by atoms with Gasteiger partial charge in [0.25, 0.3) is 5.56 Å². The molecule has 3 aromatic rings. The Balaban J connectivity index is 2.00. The molecular formula is C21H18ClN3O4. The van der Waals surface area contributed by atoms with Gasteiger partial charge in [-0.25, -0.2) is 9.36 Å². The molecule has 8 heteroatoms. The molecular weight excluding hydrogens is 394 g/mol. The first-order valence-corrected chi connectivity index (χ1v) is 9.45. The molecule has 0 radical (unpaired) electrons. The molecule has 1 aromatic heterocycles. The lowest BCUT2D eigenvalue weighted by atomic mass is 9.89. The van der Waals surface area contributed by atoms with Gasteiger partial charge in [-0.15, -0.1) is 0 Å². The van der Waals surface area contributed by atoms with E-state index in [0.717, 1.165) is 15.7 Å². The van der Waals surface area contributed by atoms with Crippen molar-refractivity contribution < 1.29 is 9.90 Å². The van der Waals surface area contributed by atoms with Crippen molar-refractivity contribution >= 4 is 17.5 Å². The summed E-state index contributed by atoms with van der Waals surface area (Å²) >= 11 is 5.92. The van der Waals surface area contributed by atoms with Crippen molar-refractivity contribution in [3.8, 4) is 11.6 Å². The Morgan fingerprint density at radius 1 is 1.14 bits per heavy atom. The van der Waals surface area contributed by atoms with Crippen molar-refractivity contribution in [1.29, 1.82) is 0 Å². The maximum Gasteiger partial charge on any atom is 0.335 e. The highest BCUT2D eigenvalue weighted by atomic mass is 35.5. The average Bonchev–Trinajstić information content (AvgIpc) is 2.69. The van der Waals surface area contributed by atoms with Gasteiger partial charge in [-0.05, 0) is 41.8 Å². The Morgan fingerprint density at radius 2 is 1.83 bits per heavy atom. The van der Waals surface area contributed by atoms with Crippen LogP contribution in [0.3, 0.4) is 0 Å². The van der Waals surface area contributed by atoms with E-state index in [1.807, 2.05) is 24.3 Å². The molecule has 0 unspecified atom stereocenters. The Bertz CT molecular complexity index is 1210. The molecule has 29 heavy (non-hydrogen) atoms. The number of aromatic amines is 1. The number of rotatable bonds is 2. The fourth-order valence-corrected chi connectivity index (χ4v) is 3.96. The first kappa shape index (κ1) is 19.0. The second-order valence-corrected chi connectivity index (χ2v) is 7.31. The highest BCUT2D eigenvalue weighted by Gasteiger charge is 2.35. The van der Waals surface area contributed by atoms with Gasteiger partial charge in [0.15, 0.2) is 0 Å². The smallest absolute Gasteiger partial charge is 0.335 e. The number of halogens is 1. The minimum Gasteiger partial charge on any atom is -0.494 e. The van der Waals surface area contributed by atoms with E-state index in [1.165, 1.54) is 11.8 Å². The van der Waals surface area contributed by atoms with Crippen molar-refractivity contribution in [2.24, 2.45) is 0 Å². The number of carbonyl (C=O) groups excluding carboxylic acids is 1. The zero-order chi connectivity index (χ0) is 20.7. The average molecular weight is 412 g/mol. The molecule has 1 amide bonds. The molecule has 0 saturated heterocycles. The van der Waals surface area contributed by atoms with Crippen LogP contribution in [0.25, 0.3) is 5.69 Å². The van der Waals surface area contributed by atoms with E-state index in [0.29, 0.717) is 23.7 Å². The third kappa shape index (κ3) is 3.23. The number of carbonyl (C=O) groups is 1. The van der Waals surface area contributed by atoms with Crippen molar-refractivity contribution in [2.45, 2.75) is 19.4 Å². The molecule has 1 atom stereocenters. The summed E-state index contributed by atoms with van der Waals surface area (Å²) in [6, 6.07) is 12.9. The van der Waals surface area contributed by atoms with Crippen molar-refractivity contribution in [1.82, 2.24) is 14.5 Å². The summed E-state index contributed by atoms with van der Waals surface area (Å²) in [5.74, 6) is -0.735. The number of benzene rings is 2. The molecule has 148 valence electrons. The van der Waals surface area contributed by atoms with E-state index < -0.39 is 23.2 Å². The van der Waals surface area contributed by atoms with E-state index in [-0.39, 0.29) is 11.5 Å². The molecule has 7 nitrogen and oxygen atoms in total. The minimum absolute atomic E-state index is 0.0538. The van der Waals surface area contributed by atoms with E-state index >= 15 is 0 Å². The van der Waals surface area contributed by atoms with Gasteiger partial charge in [0, 0.05) is 18.5 Å². The van der Waals surface area contributed by atoms with Crippen LogP contribution in [0.5, 0.6) is 5.88 Å². The van der Waals surface area contributed by atoms with Crippen molar-refractivity contribution in [3.05, 3.63) is 91.1 Å². The lowest BCUT2D eigenvalue weighted by molar-refractivity contribution is -0.130. The van der Waals surface area contributed by atoms with E-state index in [4.69, 9.17) is 11.6 Å². The molecule has 0 bridgehead atoms. The van der Waals surface area contributed by atoms with Crippen LogP contribution in [0.15, 0.2) is 58.1 Å². The molecule has 1 aliphatic rings. The Kier molecular flexibility index (Phi) is 4.76. The predicted octanol–water partition coefficient (Wildman–Crippen LogP) is 2.38. The van der Waals surface area contributed by atoms with Crippen LogP contribution in [0, 0.1) is 0 Å². The topological polar surface area (TPSA) is 95.4 Å². The summed E-state index contributed by atoms with van der Waals surface area (Å²) in [5, 5.41) is 11.5. The number of aromatic nitrogens is 2. The lowest BCUT2D eigenvalue weighted by Gasteiger charge is -2.36. The number of hydrogen-bond donors (Lipinski definition) is 2. The van der Waals surface area contributed by atoms with Crippen LogP contribution >= 0.6 is 11.6 Å². The van der Waals surface area contributed by atoms with Gasteiger partial charge in [-0.1, -0.05) is 35.9 Å². The molecule has 4 rings (SSSR count). The normalized spacial score (nSPS) is 15.8. The molecule has 0 spiro atoms. The van der Waals surface area contributed by atoms with E-state index in [1.54, 1.807) is 24.3 Å². The first-order chi connectivity index (χ1) is 13.9. The Labute approximate surface area is 170 Å². The SMILES string of the molecule is CC(=O)N1CCc2ccccc2[C@H]1c1c(O)n(-c2ccc(Cl)cc2)c(=O)[nH]c1=O. The van der Waals surface area contributed by atoms with E-state index in [2.05, 4.69) is 4.98 Å². The van der Waals surface area contributed by atoms with E-state index in [9.17, 15) is 19.5 Å².